The van der Waals surface area contributed by atoms with Crippen molar-refractivity contribution in [1.82, 2.24) is 5.32 Å². The van der Waals surface area contributed by atoms with Gasteiger partial charge >= 0.3 is 0 Å². The molecule has 0 aliphatic heterocycles. The Hall–Kier alpha value is -1.69. The predicted octanol–water partition coefficient (Wildman–Crippen LogP) is 1.84. The lowest BCUT2D eigenvalue weighted by molar-refractivity contribution is -0.00863. The van der Waals surface area contributed by atoms with E-state index in [0.29, 0.717) is 6.61 Å². The number of rotatable bonds is 4. The topological polar surface area (TPSA) is 64.3 Å². The van der Waals surface area contributed by atoms with E-state index in [2.05, 4.69) is 5.32 Å². The minimum atomic E-state index is -0.925. The van der Waals surface area contributed by atoms with Gasteiger partial charge in [0.15, 0.2) is 0 Å². The minimum Gasteiger partial charge on any atom is -0.394 e. The van der Waals surface area contributed by atoms with Gasteiger partial charge in [-0.25, -0.2) is 8.78 Å². The molecule has 0 unspecified atom stereocenters. The summed E-state index contributed by atoms with van der Waals surface area (Å²) in [5.41, 5.74) is 4.50. The molecule has 0 saturated heterocycles. The van der Waals surface area contributed by atoms with E-state index in [0.717, 1.165) is 25.0 Å². The van der Waals surface area contributed by atoms with Crippen molar-refractivity contribution in [3.05, 3.63) is 29.3 Å². The van der Waals surface area contributed by atoms with Crippen molar-refractivity contribution in [2.45, 2.75) is 31.9 Å². The fourth-order valence-electron chi connectivity index (χ4n) is 2.04. The van der Waals surface area contributed by atoms with Gasteiger partial charge in [-0.1, -0.05) is 0 Å². The molecular formula is C13H16F2N2O2. The smallest absolute Gasteiger partial charge is 0.251 e. The van der Waals surface area contributed by atoms with Gasteiger partial charge < -0.3 is 15.8 Å². The van der Waals surface area contributed by atoms with Gasteiger partial charge in [0.2, 0.25) is 0 Å². The molecular weight excluding hydrogens is 254 g/mol. The Morgan fingerprint density at radius 3 is 2.53 bits per heavy atom. The van der Waals surface area contributed by atoms with Crippen molar-refractivity contribution in [1.29, 1.82) is 0 Å². The maximum atomic E-state index is 13.2. The number of hydrogen-bond acceptors (Lipinski definition) is 3. The summed E-state index contributed by atoms with van der Waals surface area (Å²) >= 11 is 0. The lowest BCUT2D eigenvalue weighted by Crippen LogP contribution is -2.47. The molecule has 0 bridgehead atoms. The third-order valence-electron chi connectivity index (χ3n) is 3.17. The second-order valence-corrected chi connectivity index (χ2v) is 4.57. The van der Waals surface area contributed by atoms with Crippen LogP contribution in [0, 0.1) is 11.6 Å². The molecule has 0 radical (unpaired) electrons. The number of hydrogen-bond donors (Lipinski definition) is 2. The summed E-state index contributed by atoms with van der Waals surface area (Å²) < 4.78 is 31.8. The van der Waals surface area contributed by atoms with Gasteiger partial charge in [0.1, 0.15) is 17.3 Å². The molecule has 0 heterocycles. The highest BCUT2D eigenvalue weighted by Crippen LogP contribution is 2.24. The number of carbonyl (C=O) groups is 1. The number of ether oxygens (including phenoxy) is 1. The van der Waals surface area contributed by atoms with E-state index in [4.69, 9.17) is 10.5 Å². The van der Waals surface area contributed by atoms with E-state index >= 15 is 0 Å². The molecule has 1 saturated carbocycles. The molecule has 4 nitrogen and oxygen atoms in total. The first-order valence-corrected chi connectivity index (χ1v) is 6.18. The Morgan fingerprint density at radius 1 is 1.42 bits per heavy atom. The summed E-state index contributed by atoms with van der Waals surface area (Å²) in [6.45, 7) is 2.55. The lowest BCUT2D eigenvalue weighted by atomic mass is 9.89. The standard InChI is InChI=1S/C13H16F2N2O2/c1-2-19-9-5-8(6-9)17-13(18)7-3-10(14)12(16)11(15)4-7/h3-4,8-9H,2,5-6,16H2,1H3,(H,17,18). The van der Waals surface area contributed by atoms with E-state index < -0.39 is 23.2 Å². The number of halogens is 2. The van der Waals surface area contributed by atoms with Crippen LogP contribution in [0.15, 0.2) is 12.1 Å². The highest BCUT2D eigenvalue weighted by molar-refractivity contribution is 5.94. The first-order valence-electron chi connectivity index (χ1n) is 6.18. The van der Waals surface area contributed by atoms with Gasteiger partial charge in [0, 0.05) is 18.2 Å². The Morgan fingerprint density at radius 2 is 2.00 bits per heavy atom. The number of nitrogens with one attached hydrogen (secondary N) is 1. The summed E-state index contributed by atoms with van der Waals surface area (Å²) in [4.78, 5) is 11.8. The van der Waals surface area contributed by atoms with Crippen molar-refractivity contribution in [3.8, 4) is 0 Å². The Labute approximate surface area is 109 Å². The fourth-order valence-corrected chi connectivity index (χ4v) is 2.04. The molecule has 0 atom stereocenters. The van der Waals surface area contributed by atoms with Crippen LogP contribution in [0.3, 0.4) is 0 Å². The molecule has 3 N–H and O–H groups in total. The first-order chi connectivity index (χ1) is 9.01. The molecule has 1 aromatic carbocycles. The SMILES string of the molecule is CCOC1CC(NC(=O)c2cc(F)c(N)c(F)c2)C1. The average molecular weight is 270 g/mol. The Balaban J connectivity index is 1.94. The molecule has 0 spiro atoms. The maximum absolute atomic E-state index is 13.2. The first kappa shape index (κ1) is 13.7. The molecule has 19 heavy (non-hydrogen) atoms. The zero-order valence-electron chi connectivity index (χ0n) is 10.6. The molecule has 1 aliphatic rings. The van der Waals surface area contributed by atoms with Crippen LogP contribution in [0.5, 0.6) is 0 Å². The van der Waals surface area contributed by atoms with Crippen molar-refractivity contribution in [3.63, 3.8) is 0 Å². The van der Waals surface area contributed by atoms with Gasteiger partial charge in [-0.15, -0.1) is 0 Å². The van der Waals surface area contributed by atoms with Crippen molar-refractivity contribution < 1.29 is 18.3 Å². The highest BCUT2D eigenvalue weighted by Gasteiger charge is 2.31. The molecule has 1 fully saturated rings. The van der Waals surface area contributed by atoms with Gasteiger partial charge in [-0.3, -0.25) is 4.79 Å². The van der Waals surface area contributed by atoms with Crippen LogP contribution in [0.2, 0.25) is 0 Å². The molecule has 2 rings (SSSR count). The molecule has 6 heteroatoms. The third kappa shape index (κ3) is 3.01. The number of amides is 1. The van der Waals surface area contributed by atoms with Crippen molar-refractivity contribution in [2.24, 2.45) is 0 Å². The summed E-state index contributed by atoms with van der Waals surface area (Å²) in [6.07, 6.45) is 1.61. The molecule has 104 valence electrons. The van der Waals surface area contributed by atoms with E-state index in [-0.39, 0.29) is 17.7 Å². The van der Waals surface area contributed by atoms with E-state index in [1.54, 1.807) is 0 Å². The van der Waals surface area contributed by atoms with Crippen LogP contribution >= 0.6 is 0 Å². The van der Waals surface area contributed by atoms with Crippen molar-refractivity contribution >= 4 is 11.6 Å². The number of benzene rings is 1. The monoisotopic (exact) mass is 270 g/mol. The summed E-state index contributed by atoms with van der Waals surface area (Å²) in [5.74, 6) is -2.35. The number of nitrogens with two attached hydrogens (primary N) is 1. The largest absolute Gasteiger partial charge is 0.394 e. The van der Waals surface area contributed by atoms with Gasteiger partial charge in [0.05, 0.1) is 6.10 Å². The van der Waals surface area contributed by atoms with Gasteiger partial charge in [-0.2, -0.15) is 0 Å². The maximum Gasteiger partial charge on any atom is 0.251 e. The van der Waals surface area contributed by atoms with Gasteiger partial charge in [-0.05, 0) is 31.9 Å². The third-order valence-corrected chi connectivity index (χ3v) is 3.17. The van der Waals surface area contributed by atoms with Crippen LogP contribution in [0.1, 0.15) is 30.1 Å². The number of nitrogen functional groups attached to an aromatic ring is 1. The van der Waals surface area contributed by atoms with Gasteiger partial charge in [0.25, 0.3) is 5.91 Å². The predicted molar refractivity (Wildman–Crippen MR) is 66.7 cm³/mol. The van der Waals surface area contributed by atoms with Crippen LogP contribution in [0.25, 0.3) is 0 Å². The summed E-state index contributed by atoms with van der Waals surface area (Å²) in [7, 11) is 0. The Bertz CT molecular complexity index is 465. The zero-order valence-corrected chi connectivity index (χ0v) is 10.6. The zero-order chi connectivity index (χ0) is 14.0. The van der Waals surface area contributed by atoms with Crippen LogP contribution in [-0.4, -0.2) is 24.7 Å². The number of anilines is 1. The molecule has 1 aliphatic carbocycles. The molecule has 0 aromatic heterocycles. The highest BCUT2D eigenvalue weighted by atomic mass is 19.1. The van der Waals surface area contributed by atoms with E-state index in [1.165, 1.54) is 0 Å². The second kappa shape index (κ2) is 5.52. The fraction of sp³-hybridized carbons (Fsp3) is 0.462. The molecule has 1 amide bonds. The second-order valence-electron chi connectivity index (χ2n) is 4.57. The van der Waals surface area contributed by atoms with Crippen LogP contribution < -0.4 is 11.1 Å². The normalized spacial score (nSPS) is 21.8. The van der Waals surface area contributed by atoms with E-state index in [9.17, 15) is 13.6 Å². The Kier molecular flexibility index (Phi) is 3.99. The quantitative estimate of drug-likeness (QED) is 0.821. The lowest BCUT2D eigenvalue weighted by Gasteiger charge is -2.35. The number of carbonyl (C=O) groups excluding carboxylic acids is 1. The average Bonchev–Trinajstić information content (AvgIpc) is 2.32. The van der Waals surface area contributed by atoms with Crippen LogP contribution in [0.4, 0.5) is 14.5 Å². The molecule has 1 aromatic rings. The van der Waals surface area contributed by atoms with E-state index in [1.807, 2.05) is 6.92 Å². The van der Waals surface area contributed by atoms with Crippen molar-refractivity contribution in [2.75, 3.05) is 12.3 Å². The summed E-state index contributed by atoms with van der Waals surface area (Å²) in [6, 6.07) is 1.87. The summed E-state index contributed by atoms with van der Waals surface area (Å²) in [5, 5.41) is 2.70. The van der Waals surface area contributed by atoms with Crippen LogP contribution in [-0.2, 0) is 4.74 Å². The minimum absolute atomic E-state index is 0.00674.